The Bertz CT molecular complexity index is 341. The number of nitrogens with zero attached hydrogens (tertiary/aromatic N) is 3. The first kappa shape index (κ1) is 13.1. The van der Waals surface area contributed by atoms with Gasteiger partial charge in [-0.1, -0.05) is 11.8 Å². The fourth-order valence-electron chi connectivity index (χ4n) is 1.22. The van der Waals surface area contributed by atoms with Gasteiger partial charge < -0.3 is 10.2 Å². The zero-order valence-corrected chi connectivity index (χ0v) is 11.4. The minimum Gasteiger partial charge on any atom is -0.370 e. The molecule has 0 fully saturated rings. The molecule has 90 valence electrons. The molecule has 1 aromatic heterocycles. The number of anilines is 2. The molecule has 16 heavy (non-hydrogen) atoms. The van der Waals surface area contributed by atoms with E-state index in [0.717, 1.165) is 23.3 Å². The van der Waals surface area contributed by atoms with Crippen LogP contribution in [0.3, 0.4) is 0 Å². The molecule has 0 bridgehead atoms. The summed E-state index contributed by atoms with van der Waals surface area (Å²) < 4.78 is 0. The minimum absolute atomic E-state index is 0.430. The molecule has 0 radical (unpaired) electrons. The Morgan fingerprint density at radius 1 is 1.44 bits per heavy atom. The third-order valence-corrected chi connectivity index (χ3v) is 2.92. The lowest BCUT2D eigenvalue weighted by molar-refractivity contribution is 0.733. The predicted molar refractivity (Wildman–Crippen MR) is 71.5 cm³/mol. The van der Waals surface area contributed by atoms with Crippen molar-refractivity contribution in [2.24, 2.45) is 0 Å². The van der Waals surface area contributed by atoms with Crippen LogP contribution in [0, 0.1) is 0 Å². The zero-order valence-electron chi connectivity index (χ0n) is 10.6. The van der Waals surface area contributed by atoms with Gasteiger partial charge >= 0.3 is 0 Å². The van der Waals surface area contributed by atoms with Gasteiger partial charge in [0.15, 0.2) is 5.16 Å². The molecule has 0 saturated heterocycles. The summed E-state index contributed by atoms with van der Waals surface area (Å²) in [6, 6.07) is 2.42. The van der Waals surface area contributed by atoms with Crippen LogP contribution in [-0.2, 0) is 0 Å². The van der Waals surface area contributed by atoms with Gasteiger partial charge in [-0.2, -0.15) is 0 Å². The summed E-state index contributed by atoms with van der Waals surface area (Å²) in [4.78, 5) is 11.0. The highest BCUT2D eigenvalue weighted by Crippen LogP contribution is 2.20. The first-order valence-electron chi connectivity index (χ1n) is 5.48. The average molecular weight is 240 g/mol. The molecule has 0 aliphatic rings. The van der Waals surface area contributed by atoms with Gasteiger partial charge in [-0.3, -0.25) is 0 Å². The lowest BCUT2D eigenvalue weighted by Crippen LogP contribution is -2.27. The molecule has 0 aromatic carbocycles. The molecule has 4 nitrogen and oxygen atoms in total. The van der Waals surface area contributed by atoms with Gasteiger partial charge in [0.25, 0.3) is 0 Å². The van der Waals surface area contributed by atoms with E-state index in [1.54, 1.807) is 11.8 Å². The van der Waals surface area contributed by atoms with Crippen LogP contribution in [-0.4, -0.2) is 35.9 Å². The van der Waals surface area contributed by atoms with Crippen LogP contribution in [0.4, 0.5) is 11.6 Å². The summed E-state index contributed by atoms with van der Waals surface area (Å²) >= 11 is 1.56. The van der Waals surface area contributed by atoms with E-state index in [0.29, 0.717) is 6.04 Å². The summed E-state index contributed by atoms with van der Waals surface area (Å²) in [6.45, 7) is 7.23. The molecule has 5 heteroatoms. The summed E-state index contributed by atoms with van der Waals surface area (Å²) in [7, 11) is 2.05. The maximum Gasteiger partial charge on any atom is 0.191 e. The molecule has 1 heterocycles. The fourth-order valence-corrected chi connectivity index (χ4v) is 1.60. The molecular formula is C11H20N4S. The number of nitrogens with one attached hydrogen (secondary N) is 1. The van der Waals surface area contributed by atoms with Crippen LogP contribution >= 0.6 is 11.8 Å². The minimum atomic E-state index is 0.430. The second kappa shape index (κ2) is 5.94. The van der Waals surface area contributed by atoms with Crippen molar-refractivity contribution < 1.29 is 0 Å². The number of hydrogen-bond donors (Lipinski definition) is 1. The van der Waals surface area contributed by atoms with Crippen molar-refractivity contribution in [3.8, 4) is 0 Å². The first-order chi connectivity index (χ1) is 7.58. The zero-order chi connectivity index (χ0) is 12.1. The molecule has 1 aromatic rings. The van der Waals surface area contributed by atoms with Crippen LogP contribution in [0.15, 0.2) is 11.2 Å². The fraction of sp³-hybridized carbons (Fsp3) is 0.636. The van der Waals surface area contributed by atoms with Crippen LogP contribution in [0.2, 0.25) is 0 Å². The lowest BCUT2D eigenvalue weighted by atomic mass is 10.3. The Balaban J connectivity index is 3.03. The number of hydrogen-bond acceptors (Lipinski definition) is 5. The molecule has 0 spiro atoms. The van der Waals surface area contributed by atoms with E-state index in [1.165, 1.54) is 0 Å². The van der Waals surface area contributed by atoms with Gasteiger partial charge in [0.2, 0.25) is 0 Å². The number of rotatable bonds is 5. The summed E-state index contributed by atoms with van der Waals surface area (Å²) in [6.07, 6.45) is 1.99. The summed E-state index contributed by atoms with van der Waals surface area (Å²) in [5, 5.41) is 4.03. The van der Waals surface area contributed by atoms with Crippen molar-refractivity contribution in [2.75, 3.05) is 30.1 Å². The Hall–Kier alpha value is -0.970. The largest absolute Gasteiger partial charge is 0.370 e. The van der Waals surface area contributed by atoms with Crippen molar-refractivity contribution in [2.45, 2.75) is 32.0 Å². The van der Waals surface area contributed by atoms with E-state index in [2.05, 4.69) is 41.0 Å². The molecule has 0 aliphatic heterocycles. The van der Waals surface area contributed by atoms with E-state index < -0.39 is 0 Å². The highest BCUT2D eigenvalue weighted by Gasteiger charge is 2.10. The monoisotopic (exact) mass is 240 g/mol. The van der Waals surface area contributed by atoms with Gasteiger partial charge in [0.1, 0.15) is 11.6 Å². The van der Waals surface area contributed by atoms with Crippen molar-refractivity contribution in [1.82, 2.24) is 9.97 Å². The van der Waals surface area contributed by atoms with Gasteiger partial charge in [-0.05, 0) is 27.0 Å². The van der Waals surface area contributed by atoms with Crippen LogP contribution in [0.25, 0.3) is 0 Å². The summed E-state index contributed by atoms with van der Waals surface area (Å²) in [5.41, 5.74) is 0. The number of aromatic nitrogens is 2. The van der Waals surface area contributed by atoms with Crippen LogP contribution < -0.4 is 10.2 Å². The van der Waals surface area contributed by atoms with E-state index in [9.17, 15) is 0 Å². The van der Waals surface area contributed by atoms with Crippen molar-refractivity contribution >= 4 is 23.4 Å². The predicted octanol–water partition coefficient (Wildman–Crippen LogP) is 2.47. The van der Waals surface area contributed by atoms with E-state index in [1.807, 2.05) is 19.4 Å². The van der Waals surface area contributed by atoms with E-state index in [4.69, 9.17) is 0 Å². The molecule has 0 saturated carbocycles. The van der Waals surface area contributed by atoms with E-state index in [-0.39, 0.29) is 0 Å². The maximum absolute atomic E-state index is 4.49. The second-order valence-corrected chi connectivity index (χ2v) is 4.61. The van der Waals surface area contributed by atoms with Crippen molar-refractivity contribution in [3.05, 3.63) is 6.07 Å². The quantitative estimate of drug-likeness (QED) is 0.632. The standard InChI is InChI=1S/C11H20N4S/c1-6-12-9-7-10(15(4)8(2)3)14-11(13-9)16-5/h7-8H,6H2,1-5H3,(H,12,13,14). The van der Waals surface area contributed by atoms with Crippen LogP contribution in [0.1, 0.15) is 20.8 Å². The normalized spacial score (nSPS) is 10.6. The molecule has 0 atom stereocenters. The highest BCUT2D eigenvalue weighted by molar-refractivity contribution is 7.98. The van der Waals surface area contributed by atoms with Crippen LogP contribution in [0.5, 0.6) is 0 Å². The Morgan fingerprint density at radius 2 is 2.12 bits per heavy atom. The average Bonchev–Trinajstić information content (AvgIpc) is 2.27. The molecule has 0 amide bonds. The van der Waals surface area contributed by atoms with Gasteiger partial charge in [0, 0.05) is 25.7 Å². The third-order valence-electron chi connectivity index (χ3n) is 2.37. The Kier molecular flexibility index (Phi) is 4.86. The maximum atomic E-state index is 4.49. The summed E-state index contributed by atoms with van der Waals surface area (Å²) in [5.74, 6) is 1.86. The third kappa shape index (κ3) is 3.27. The van der Waals surface area contributed by atoms with Crippen molar-refractivity contribution in [1.29, 1.82) is 0 Å². The topological polar surface area (TPSA) is 41.0 Å². The van der Waals surface area contributed by atoms with Crippen molar-refractivity contribution in [3.63, 3.8) is 0 Å². The molecule has 1 N–H and O–H groups in total. The van der Waals surface area contributed by atoms with E-state index >= 15 is 0 Å². The molecular weight excluding hydrogens is 220 g/mol. The Labute approximate surface area is 102 Å². The SMILES string of the molecule is CCNc1cc(N(C)C(C)C)nc(SC)n1. The Morgan fingerprint density at radius 3 is 2.62 bits per heavy atom. The van der Waals surface area contributed by atoms with Gasteiger partial charge in [-0.15, -0.1) is 0 Å². The molecule has 0 unspecified atom stereocenters. The highest BCUT2D eigenvalue weighted by atomic mass is 32.2. The van der Waals surface area contributed by atoms with Gasteiger partial charge in [-0.25, -0.2) is 9.97 Å². The van der Waals surface area contributed by atoms with Gasteiger partial charge in [0.05, 0.1) is 0 Å². The molecule has 1 rings (SSSR count). The smallest absolute Gasteiger partial charge is 0.191 e. The number of thioether (sulfide) groups is 1. The first-order valence-corrected chi connectivity index (χ1v) is 6.70. The lowest BCUT2D eigenvalue weighted by Gasteiger charge is -2.23. The second-order valence-electron chi connectivity index (χ2n) is 3.83. The molecule has 0 aliphatic carbocycles.